The quantitative estimate of drug-likeness (QED) is 0.118. The maximum atomic E-state index is 12.2. The van der Waals surface area contributed by atoms with E-state index >= 15 is 0 Å². The monoisotopic (exact) mass is 927 g/mol. The first-order valence-corrected chi connectivity index (χ1v) is 24.3. The lowest BCUT2D eigenvalue weighted by Gasteiger charge is -2.73. The van der Waals surface area contributed by atoms with Gasteiger partial charge in [-0.25, -0.2) is 0 Å². The van der Waals surface area contributed by atoms with Gasteiger partial charge in [0.25, 0.3) is 0 Å². The molecule has 2 bridgehead atoms. The predicted octanol–water partition coefficient (Wildman–Crippen LogP) is 0.629. The molecule has 4 saturated carbocycles. The molecule has 10 N–H and O–H groups in total. The third-order valence-corrected chi connectivity index (χ3v) is 19.9. The molecule has 1 spiro atoms. The number of ether oxygens (including phenoxy) is 7. The topological polar surface area (TPSA) is 267 Å². The van der Waals surface area contributed by atoms with Crippen molar-refractivity contribution < 1.29 is 84.2 Å². The second-order valence-corrected chi connectivity index (χ2v) is 24.0. The average Bonchev–Trinajstić information content (AvgIpc) is 3.52. The lowest BCUT2D eigenvalue weighted by atomic mass is 9.32. The van der Waals surface area contributed by atoms with Gasteiger partial charge in [0.2, 0.25) is 0 Å². The molecule has 372 valence electrons. The van der Waals surface area contributed by atoms with Gasteiger partial charge in [0, 0.05) is 16.7 Å². The Kier molecular flexibility index (Phi) is 12.5. The molecule has 0 aromatic rings. The van der Waals surface area contributed by atoms with Gasteiger partial charge in [-0.3, -0.25) is 0 Å². The zero-order chi connectivity index (χ0) is 47.2. The summed E-state index contributed by atoms with van der Waals surface area (Å²) in [4.78, 5) is 0. The molecule has 5 aliphatic carbocycles. The zero-order valence-electron chi connectivity index (χ0n) is 39.3. The fraction of sp³-hybridized carbons (Fsp3) is 0.958. The number of fused-ring (bicyclic) bond motifs is 4. The number of hydrogen-bond donors (Lipinski definition) is 10. The van der Waals surface area contributed by atoms with Gasteiger partial charge in [-0.05, 0) is 91.8 Å². The molecular formula is C48H78O17. The van der Waals surface area contributed by atoms with Gasteiger partial charge in [0.1, 0.15) is 67.1 Å². The van der Waals surface area contributed by atoms with Crippen molar-refractivity contribution in [3.05, 3.63) is 12.2 Å². The average molecular weight is 927 g/mol. The lowest BCUT2D eigenvalue weighted by molar-refractivity contribution is -0.374. The maximum absolute atomic E-state index is 12.2. The summed E-state index contributed by atoms with van der Waals surface area (Å²) < 4.78 is 43.5. The van der Waals surface area contributed by atoms with E-state index in [1.807, 2.05) is 0 Å². The van der Waals surface area contributed by atoms with Crippen molar-refractivity contribution in [2.45, 2.75) is 217 Å². The van der Waals surface area contributed by atoms with Gasteiger partial charge in [-0.1, -0.05) is 60.6 Å². The fourth-order valence-electron chi connectivity index (χ4n) is 15.7. The summed E-state index contributed by atoms with van der Waals surface area (Å²) in [5, 5.41) is 109. The molecule has 17 heteroatoms. The summed E-state index contributed by atoms with van der Waals surface area (Å²) in [5.41, 5.74) is -1.61. The molecule has 0 amide bonds. The van der Waals surface area contributed by atoms with Crippen LogP contribution >= 0.6 is 0 Å². The summed E-state index contributed by atoms with van der Waals surface area (Å²) >= 11 is 0. The maximum Gasteiger partial charge on any atom is 0.187 e. The van der Waals surface area contributed by atoms with E-state index in [2.05, 4.69) is 60.6 Å². The molecule has 4 saturated heterocycles. The normalized spacial score (nSPS) is 58.0. The first-order valence-electron chi connectivity index (χ1n) is 24.3. The third-order valence-electron chi connectivity index (χ3n) is 19.9. The zero-order valence-corrected chi connectivity index (χ0v) is 39.3. The molecule has 0 aromatic carbocycles. The Morgan fingerprint density at radius 1 is 0.631 bits per heavy atom. The number of hydrogen-bond acceptors (Lipinski definition) is 17. The molecule has 9 aliphatic rings. The third kappa shape index (κ3) is 7.09. The van der Waals surface area contributed by atoms with Crippen LogP contribution in [0.15, 0.2) is 12.2 Å². The predicted molar refractivity (Wildman–Crippen MR) is 228 cm³/mol. The van der Waals surface area contributed by atoms with Gasteiger partial charge in [-0.2, -0.15) is 0 Å². The first-order chi connectivity index (χ1) is 30.3. The van der Waals surface area contributed by atoms with Gasteiger partial charge in [-0.15, -0.1) is 0 Å². The van der Waals surface area contributed by atoms with E-state index in [4.69, 9.17) is 33.2 Å². The Hall–Kier alpha value is -0.940. The van der Waals surface area contributed by atoms with E-state index in [1.54, 1.807) is 0 Å². The van der Waals surface area contributed by atoms with E-state index in [-0.39, 0.29) is 44.8 Å². The van der Waals surface area contributed by atoms with Crippen LogP contribution in [-0.2, 0) is 33.2 Å². The minimum Gasteiger partial charge on any atom is -0.394 e. The highest BCUT2D eigenvalue weighted by Crippen LogP contribution is 2.79. The highest BCUT2D eigenvalue weighted by molar-refractivity contribution is 5.36. The van der Waals surface area contributed by atoms with Crippen LogP contribution in [0.5, 0.6) is 0 Å². The van der Waals surface area contributed by atoms with Gasteiger partial charge >= 0.3 is 0 Å². The summed E-state index contributed by atoms with van der Waals surface area (Å²) in [6, 6.07) is 0. The fourth-order valence-corrected chi connectivity index (χ4v) is 15.7. The Bertz CT molecular complexity index is 1780. The van der Waals surface area contributed by atoms with Crippen LogP contribution in [-0.4, -0.2) is 181 Å². The van der Waals surface area contributed by atoms with Gasteiger partial charge < -0.3 is 84.2 Å². The summed E-state index contributed by atoms with van der Waals surface area (Å²) in [7, 11) is 0. The van der Waals surface area contributed by atoms with Crippen molar-refractivity contribution in [3.8, 4) is 0 Å². The van der Waals surface area contributed by atoms with Crippen LogP contribution in [0.3, 0.4) is 0 Å². The molecule has 25 atom stereocenters. The van der Waals surface area contributed by atoms with E-state index in [0.29, 0.717) is 19.4 Å². The van der Waals surface area contributed by atoms with E-state index in [9.17, 15) is 51.1 Å². The van der Waals surface area contributed by atoms with E-state index in [1.165, 1.54) is 6.92 Å². The Labute approximate surface area is 382 Å². The van der Waals surface area contributed by atoms with E-state index in [0.717, 1.165) is 38.5 Å². The lowest BCUT2D eigenvalue weighted by Crippen LogP contribution is -2.72. The molecule has 0 radical (unpaired) electrons. The number of aliphatic hydroxyl groups excluding tert-OH is 10. The van der Waals surface area contributed by atoms with Crippen LogP contribution in [0.2, 0.25) is 0 Å². The molecular weight excluding hydrogens is 849 g/mol. The minimum atomic E-state index is -1.75. The van der Waals surface area contributed by atoms with Crippen molar-refractivity contribution in [2.75, 3.05) is 19.8 Å². The largest absolute Gasteiger partial charge is 0.394 e. The van der Waals surface area contributed by atoms with Crippen LogP contribution in [0, 0.1) is 50.2 Å². The number of aliphatic hydroxyl groups is 10. The van der Waals surface area contributed by atoms with E-state index < -0.39 is 129 Å². The summed E-state index contributed by atoms with van der Waals surface area (Å²) in [6.07, 6.45) is -12.0. The van der Waals surface area contributed by atoms with Gasteiger partial charge in [0.05, 0.1) is 43.7 Å². The van der Waals surface area contributed by atoms with Gasteiger partial charge in [0.15, 0.2) is 18.9 Å². The molecule has 0 aromatic heterocycles. The van der Waals surface area contributed by atoms with Crippen molar-refractivity contribution in [3.63, 3.8) is 0 Å². The molecule has 17 nitrogen and oxygen atoms in total. The van der Waals surface area contributed by atoms with Crippen LogP contribution < -0.4 is 0 Å². The number of allylic oxidation sites excluding steroid dienone is 1. The summed E-state index contributed by atoms with van der Waals surface area (Å²) in [5.74, 6) is 0.593. The molecule has 9 rings (SSSR count). The molecule has 4 aliphatic heterocycles. The Balaban J connectivity index is 0.958. The standard InChI is InChI=1S/C48H78O17/c1-22-30(51)32(53)36(57)40(61-22)65-38-24(20-59-39-35(56)33(54)31(52)23(19-49)62-39)63-41(37(58)34(38)55)64-29-11-12-44(6)25(43(29,4)5)9-13-45(7)26(44)10-14-48-27-17-42(2,3)15-16-47(27,21-60-48)28(50)18-46(45,48)8/h10,14,22-41,49-58H,9,11-13,15-21H2,1-8H3/t22-,23+,24+,25?,26?,27?,28-,29-,30-,31+,32+,33-,34+,35+,36+,37+,38-,39+,40-,41-,44-,45+,46-,47+,48-/m0/s1. The highest BCUT2D eigenvalue weighted by Gasteiger charge is 2.79. The van der Waals surface area contributed by atoms with Crippen LogP contribution in [0.1, 0.15) is 107 Å². The highest BCUT2D eigenvalue weighted by atomic mass is 16.8. The van der Waals surface area contributed by atoms with Crippen molar-refractivity contribution in [1.82, 2.24) is 0 Å². The number of rotatable bonds is 8. The first kappa shape index (κ1) is 49.1. The van der Waals surface area contributed by atoms with Crippen molar-refractivity contribution in [1.29, 1.82) is 0 Å². The van der Waals surface area contributed by atoms with Crippen molar-refractivity contribution in [2.24, 2.45) is 50.2 Å². The Morgan fingerprint density at radius 2 is 1.28 bits per heavy atom. The Morgan fingerprint density at radius 3 is 1.98 bits per heavy atom. The second kappa shape index (κ2) is 16.6. The van der Waals surface area contributed by atoms with Crippen LogP contribution in [0.25, 0.3) is 0 Å². The second-order valence-electron chi connectivity index (χ2n) is 24.0. The summed E-state index contributed by atoms with van der Waals surface area (Å²) in [6.45, 7) is 17.2. The SMILES string of the molecule is C[C@@H]1O[C@@H](O[C@@H]2[C@H](O)[C@@H](O)[C@H](O[C@H]3CC[C@@]4(C)C(CC[C@]5(C)C4C=C[C@]46OC[C@@]7(CCC(C)(C)CC74)[C@@H](O)C[C@]65C)C3(C)C)O[C@@H]2CO[C@@H]2O[C@H](CO)[C@@H](O)[C@H](O)[C@H]2O)[C@H](O)[C@H](O)[C@H]1O. The molecule has 3 unspecified atom stereocenters. The smallest absolute Gasteiger partial charge is 0.187 e. The van der Waals surface area contributed by atoms with Crippen molar-refractivity contribution >= 4 is 0 Å². The minimum absolute atomic E-state index is 0.163. The molecule has 4 heterocycles. The molecule has 65 heavy (non-hydrogen) atoms. The van der Waals surface area contributed by atoms with Crippen LogP contribution in [0.4, 0.5) is 0 Å². The molecule has 8 fully saturated rings.